The third-order valence-electron chi connectivity index (χ3n) is 6.83. The number of hydrogen-bond acceptors (Lipinski definition) is 4. The fourth-order valence-electron chi connectivity index (χ4n) is 4.75. The molecular formula is C27H32ClF4N3O4S. The van der Waals surface area contributed by atoms with Crippen LogP contribution in [0.15, 0.2) is 42.5 Å². The van der Waals surface area contributed by atoms with Gasteiger partial charge in [0.05, 0.1) is 22.5 Å². The van der Waals surface area contributed by atoms with E-state index in [0.29, 0.717) is 15.9 Å². The van der Waals surface area contributed by atoms with Crippen LogP contribution in [0.1, 0.15) is 56.6 Å². The Morgan fingerprint density at radius 1 is 1.07 bits per heavy atom. The third kappa shape index (κ3) is 8.33. The highest BCUT2D eigenvalue weighted by Crippen LogP contribution is 2.37. The highest BCUT2D eigenvalue weighted by atomic mass is 35.5. The smallest absolute Gasteiger partial charge is 0.352 e. The maximum Gasteiger partial charge on any atom is 0.417 e. The zero-order valence-electron chi connectivity index (χ0n) is 22.2. The van der Waals surface area contributed by atoms with Crippen molar-refractivity contribution in [2.24, 2.45) is 0 Å². The quantitative estimate of drug-likeness (QED) is 0.361. The molecule has 1 unspecified atom stereocenters. The molecule has 40 heavy (non-hydrogen) atoms. The number of nitrogens with zero attached hydrogens (tertiary/aromatic N) is 2. The first-order chi connectivity index (χ1) is 18.7. The van der Waals surface area contributed by atoms with E-state index in [1.165, 1.54) is 29.2 Å². The van der Waals surface area contributed by atoms with Crippen molar-refractivity contribution in [1.82, 2.24) is 10.2 Å². The minimum Gasteiger partial charge on any atom is -0.352 e. The average Bonchev–Trinajstić information content (AvgIpc) is 2.88. The van der Waals surface area contributed by atoms with Gasteiger partial charge in [-0.15, -0.1) is 0 Å². The van der Waals surface area contributed by atoms with Crippen molar-refractivity contribution >= 4 is 39.1 Å². The van der Waals surface area contributed by atoms with Gasteiger partial charge in [0, 0.05) is 12.6 Å². The molecule has 13 heteroatoms. The number of halogens is 5. The molecule has 2 aromatic carbocycles. The molecule has 0 spiro atoms. The Kier molecular flexibility index (Phi) is 10.5. The molecule has 1 atom stereocenters. The highest BCUT2D eigenvalue weighted by Gasteiger charge is 2.36. The van der Waals surface area contributed by atoms with Gasteiger partial charge in [0.15, 0.2) is 0 Å². The molecule has 0 aromatic heterocycles. The summed E-state index contributed by atoms with van der Waals surface area (Å²) >= 11 is 5.70. The van der Waals surface area contributed by atoms with Gasteiger partial charge in [-0.25, -0.2) is 12.8 Å². The molecule has 1 aliphatic rings. The second kappa shape index (κ2) is 13.2. The van der Waals surface area contributed by atoms with Gasteiger partial charge in [-0.05, 0) is 55.2 Å². The topological polar surface area (TPSA) is 86.8 Å². The minimum atomic E-state index is -4.86. The lowest BCUT2D eigenvalue weighted by atomic mass is 9.95. The first kappa shape index (κ1) is 31.7. The van der Waals surface area contributed by atoms with Gasteiger partial charge >= 0.3 is 6.18 Å². The second-order valence-electron chi connectivity index (χ2n) is 9.85. The molecule has 1 N–H and O–H groups in total. The number of benzene rings is 2. The number of sulfonamides is 1. The summed E-state index contributed by atoms with van der Waals surface area (Å²) in [6, 6.07) is 6.74. The van der Waals surface area contributed by atoms with E-state index in [1.54, 1.807) is 6.92 Å². The van der Waals surface area contributed by atoms with Gasteiger partial charge in [-0.1, -0.05) is 49.9 Å². The molecule has 0 radical (unpaired) electrons. The summed E-state index contributed by atoms with van der Waals surface area (Å²) in [6.07, 6.45) is 0.681. The van der Waals surface area contributed by atoms with E-state index in [4.69, 9.17) is 11.6 Å². The first-order valence-corrected chi connectivity index (χ1v) is 15.1. The van der Waals surface area contributed by atoms with Crippen LogP contribution in [0, 0.1) is 5.82 Å². The molecule has 1 fully saturated rings. The predicted molar refractivity (Wildman–Crippen MR) is 145 cm³/mol. The minimum absolute atomic E-state index is 0.0551. The van der Waals surface area contributed by atoms with Crippen LogP contribution in [0.4, 0.5) is 23.2 Å². The Labute approximate surface area is 236 Å². The summed E-state index contributed by atoms with van der Waals surface area (Å²) in [5.41, 5.74) is -1.18. The molecule has 0 bridgehead atoms. The fraction of sp³-hybridized carbons (Fsp3) is 0.481. The number of anilines is 1. The number of carbonyl (C=O) groups excluding carboxylic acids is 2. The zero-order valence-corrected chi connectivity index (χ0v) is 23.8. The zero-order chi connectivity index (χ0) is 29.7. The first-order valence-electron chi connectivity index (χ1n) is 12.9. The van der Waals surface area contributed by atoms with E-state index in [2.05, 4.69) is 5.32 Å². The number of amides is 2. The standard InChI is InChI=1S/C27H32ClF4N3O4S/c1-3-24(26(37)33-20-7-5-4-6-8-20)34(16-18-9-11-19(29)12-10-18)25(36)17-35(40(2,38)39)21-13-14-23(28)22(15-21)27(30,31)32/h9-15,20,24H,3-8,16-17H2,1-2H3,(H,33,37). The number of rotatable bonds is 10. The van der Waals surface area contributed by atoms with Crippen LogP contribution in [0.2, 0.25) is 5.02 Å². The molecule has 220 valence electrons. The van der Waals surface area contributed by atoms with Crippen LogP contribution in [0.5, 0.6) is 0 Å². The van der Waals surface area contributed by atoms with Crippen LogP contribution in [-0.4, -0.2) is 50.0 Å². The summed E-state index contributed by atoms with van der Waals surface area (Å²) in [5.74, 6) is -1.74. The molecule has 1 saturated carbocycles. The Morgan fingerprint density at radius 2 is 1.70 bits per heavy atom. The Balaban J connectivity index is 1.96. The molecule has 2 aromatic rings. The van der Waals surface area contributed by atoms with Crippen molar-refractivity contribution < 1.29 is 35.6 Å². The molecule has 3 rings (SSSR count). The van der Waals surface area contributed by atoms with Crippen molar-refractivity contribution in [3.8, 4) is 0 Å². The SMILES string of the molecule is CCC(C(=O)NC1CCCCC1)N(Cc1ccc(F)cc1)C(=O)CN(c1ccc(Cl)c(C(F)(F)F)c1)S(C)(=O)=O. The van der Waals surface area contributed by atoms with E-state index in [0.717, 1.165) is 50.5 Å². The van der Waals surface area contributed by atoms with Crippen LogP contribution in [-0.2, 0) is 32.3 Å². The normalized spacial score (nSPS) is 15.4. The summed E-state index contributed by atoms with van der Waals surface area (Å²) in [4.78, 5) is 28.2. The molecule has 2 amide bonds. The van der Waals surface area contributed by atoms with Crippen molar-refractivity contribution in [2.45, 2.75) is 70.3 Å². The summed E-state index contributed by atoms with van der Waals surface area (Å²) < 4.78 is 79.9. The maximum atomic E-state index is 13.7. The monoisotopic (exact) mass is 605 g/mol. The largest absolute Gasteiger partial charge is 0.417 e. The lowest BCUT2D eigenvalue weighted by molar-refractivity contribution is -0.140. The Bertz CT molecular complexity index is 1300. The fourth-order valence-corrected chi connectivity index (χ4v) is 5.82. The van der Waals surface area contributed by atoms with Crippen molar-refractivity contribution in [3.05, 3.63) is 64.4 Å². The molecular weight excluding hydrogens is 574 g/mol. The molecule has 1 aliphatic carbocycles. The van der Waals surface area contributed by atoms with Gasteiger partial charge in [-0.2, -0.15) is 13.2 Å². The Hall–Kier alpha value is -2.86. The number of hydrogen-bond donors (Lipinski definition) is 1. The molecule has 0 aliphatic heterocycles. The van der Waals surface area contributed by atoms with E-state index in [-0.39, 0.29) is 19.0 Å². The maximum absolute atomic E-state index is 13.7. The lowest BCUT2D eigenvalue weighted by Crippen LogP contribution is -2.54. The predicted octanol–water partition coefficient (Wildman–Crippen LogP) is 5.52. The molecule has 0 saturated heterocycles. The van der Waals surface area contributed by atoms with Gasteiger partial charge in [-0.3, -0.25) is 13.9 Å². The lowest BCUT2D eigenvalue weighted by Gasteiger charge is -2.34. The van der Waals surface area contributed by atoms with Crippen molar-refractivity contribution in [3.63, 3.8) is 0 Å². The van der Waals surface area contributed by atoms with E-state index < -0.39 is 62.7 Å². The average molecular weight is 606 g/mol. The van der Waals surface area contributed by atoms with Crippen molar-refractivity contribution in [2.75, 3.05) is 17.1 Å². The highest BCUT2D eigenvalue weighted by molar-refractivity contribution is 7.92. The van der Waals surface area contributed by atoms with Crippen LogP contribution in [0.25, 0.3) is 0 Å². The van der Waals surface area contributed by atoms with Gasteiger partial charge in [0.2, 0.25) is 21.8 Å². The van der Waals surface area contributed by atoms with E-state index in [9.17, 15) is 35.6 Å². The number of nitrogens with one attached hydrogen (secondary N) is 1. The van der Waals surface area contributed by atoms with Gasteiger partial charge < -0.3 is 10.2 Å². The summed E-state index contributed by atoms with van der Waals surface area (Å²) in [7, 11) is -4.25. The Morgan fingerprint density at radius 3 is 2.25 bits per heavy atom. The summed E-state index contributed by atoms with van der Waals surface area (Å²) in [5, 5.41) is 2.36. The number of alkyl halides is 3. The van der Waals surface area contributed by atoms with E-state index >= 15 is 0 Å². The molecule has 7 nitrogen and oxygen atoms in total. The second-order valence-corrected chi connectivity index (χ2v) is 12.2. The summed E-state index contributed by atoms with van der Waals surface area (Å²) in [6.45, 7) is 0.674. The molecule has 0 heterocycles. The van der Waals surface area contributed by atoms with E-state index in [1.807, 2.05) is 0 Å². The van der Waals surface area contributed by atoms with Gasteiger partial charge in [0.1, 0.15) is 18.4 Å². The number of carbonyl (C=O) groups is 2. The van der Waals surface area contributed by atoms with Crippen molar-refractivity contribution in [1.29, 1.82) is 0 Å². The van der Waals surface area contributed by atoms with Crippen LogP contribution in [0.3, 0.4) is 0 Å². The van der Waals surface area contributed by atoms with Crippen LogP contribution >= 0.6 is 11.6 Å². The van der Waals surface area contributed by atoms with Crippen LogP contribution < -0.4 is 9.62 Å². The van der Waals surface area contributed by atoms with Gasteiger partial charge in [0.25, 0.3) is 0 Å². The third-order valence-corrected chi connectivity index (χ3v) is 8.30.